The zero-order chi connectivity index (χ0) is 16.9. The van der Waals surface area contributed by atoms with Gasteiger partial charge in [0.05, 0.1) is 0 Å². The van der Waals surface area contributed by atoms with Gasteiger partial charge in [0.2, 0.25) is 0 Å². The standard InChI is InChI=1S/C22H27FO/c1-2-3-6-16-11-13-17(14-12-16)20-9-5-10-21(22(20)24)18-7-4-8-19(23)15-18/h5,9-14,18-19,24H,2-4,6-8,15H2,1H3. The second-order valence-corrected chi connectivity index (χ2v) is 7.00. The van der Waals surface area contributed by atoms with Crippen LogP contribution in [0, 0.1) is 0 Å². The first-order chi connectivity index (χ1) is 11.7. The maximum Gasteiger partial charge on any atom is 0.126 e. The summed E-state index contributed by atoms with van der Waals surface area (Å²) in [5.74, 6) is 0.468. The van der Waals surface area contributed by atoms with E-state index in [1.165, 1.54) is 18.4 Å². The minimum atomic E-state index is -0.732. The summed E-state index contributed by atoms with van der Waals surface area (Å²) >= 11 is 0. The molecule has 128 valence electrons. The van der Waals surface area contributed by atoms with E-state index in [9.17, 15) is 9.50 Å². The Morgan fingerprint density at radius 2 is 1.88 bits per heavy atom. The SMILES string of the molecule is CCCCc1ccc(-c2cccc(C3CCCC(F)C3)c2O)cc1. The van der Waals surface area contributed by atoms with Gasteiger partial charge in [-0.25, -0.2) is 4.39 Å². The number of para-hydroxylation sites is 1. The molecule has 0 spiro atoms. The fourth-order valence-electron chi connectivity index (χ4n) is 3.77. The molecule has 2 unspecified atom stereocenters. The van der Waals surface area contributed by atoms with Gasteiger partial charge in [-0.05, 0) is 61.1 Å². The molecule has 0 saturated heterocycles. The van der Waals surface area contributed by atoms with Crippen molar-refractivity contribution >= 4 is 0 Å². The monoisotopic (exact) mass is 326 g/mol. The normalized spacial score (nSPS) is 20.9. The molecule has 2 aromatic carbocycles. The smallest absolute Gasteiger partial charge is 0.126 e. The molecular weight excluding hydrogens is 299 g/mol. The molecule has 1 nitrogen and oxygen atoms in total. The first-order valence-corrected chi connectivity index (χ1v) is 9.24. The molecule has 1 aliphatic carbocycles. The van der Waals surface area contributed by atoms with E-state index in [1.807, 2.05) is 18.2 Å². The molecule has 1 fully saturated rings. The fourth-order valence-corrected chi connectivity index (χ4v) is 3.77. The molecule has 0 aliphatic heterocycles. The summed E-state index contributed by atoms with van der Waals surface area (Å²) in [6, 6.07) is 14.4. The number of phenolic OH excluding ortho intramolecular Hbond substituents is 1. The average Bonchev–Trinajstić information content (AvgIpc) is 2.61. The Bertz CT molecular complexity index is 662. The number of alkyl halides is 1. The van der Waals surface area contributed by atoms with Crippen LogP contribution in [0.5, 0.6) is 5.75 Å². The molecule has 0 aromatic heterocycles. The first kappa shape index (κ1) is 17.0. The van der Waals surface area contributed by atoms with Crippen molar-refractivity contribution in [2.75, 3.05) is 0 Å². The lowest BCUT2D eigenvalue weighted by atomic mass is 9.81. The predicted octanol–water partition coefficient (Wildman–Crippen LogP) is 6.40. The van der Waals surface area contributed by atoms with Gasteiger partial charge in [-0.1, -0.05) is 55.8 Å². The summed E-state index contributed by atoms with van der Waals surface area (Å²) < 4.78 is 13.7. The number of aromatic hydroxyl groups is 1. The maximum absolute atomic E-state index is 13.7. The van der Waals surface area contributed by atoms with Crippen LogP contribution in [0.3, 0.4) is 0 Å². The van der Waals surface area contributed by atoms with Crippen molar-refractivity contribution in [3.05, 3.63) is 53.6 Å². The van der Waals surface area contributed by atoms with Crippen LogP contribution in [0.25, 0.3) is 11.1 Å². The average molecular weight is 326 g/mol. The van der Waals surface area contributed by atoms with E-state index in [-0.39, 0.29) is 5.92 Å². The highest BCUT2D eigenvalue weighted by molar-refractivity contribution is 5.72. The highest BCUT2D eigenvalue weighted by Crippen LogP contribution is 2.42. The van der Waals surface area contributed by atoms with Gasteiger partial charge in [0.15, 0.2) is 0 Å². The third-order valence-corrected chi connectivity index (χ3v) is 5.20. The van der Waals surface area contributed by atoms with Gasteiger partial charge in [-0.3, -0.25) is 0 Å². The topological polar surface area (TPSA) is 20.2 Å². The number of phenols is 1. The van der Waals surface area contributed by atoms with Gasteiger partial charge in [0, 0.05) is 5.56 Å². The minimum Gasteiger partial charge on any atom is -0.507 e. The lowest BCUT2D eigenvalue weighted by molar-refractivity contribution is 0.230. The fraction of sp³-hybridized carbons (Fsp3) is 0.455. The van der Waals surface area contributed by atoms with Crippen LogP contribution >= 0.6 is 0 Å². The Morgan fingerprint density at radius 1 is 1.08 bits per heavy atom. The van der Waals surface area contributed by atoms with Gasteiger partial charge < -0.3 is 5.11 Å². The number of benzene rings is 2. The van der Waals surface area contributed by atoms with Crippen molar-refractivity contribution in [3.63, 3.8) is 0 Å². The van der Waals surface area contributed by atoms with Crippen LogP contribution in [-0.4, -0.2) is 11.3 Å². The molecule has 1 saturated carbocycles. The lowest BCUT2D eigenvalue weighted by Crippen LogP contribution is -2.14. The van der Waals surface area contributed by atoms with Crippen molar-refractivity contribution in [2.24, 2.45) is 0 Å². The summed E-state index contributed by atoms with van der Waals surface area (Å²) in [6.45, 7) is 2.20. The summed E-state index contributed by atoms with van der Waals surface area (Å²) in [5, 5.41) is 10.8. The van der Waals surface area contributed by atoms with E-state index in [2.05, 4.69) is 31.2 Å². The lowest BCUT2D eigenvalue weighted by Gasteiger charge is -2.26. The second-order valence-electron chi connectivity index (χ2n) is 7.00. The zero-order valence-electron chi connectivity index (χ0n) is 14.5. The maximum atomic E-state index is 13.7. The number of hydrogen-bond acceptors (Lipinski definition) is 1. The quantitative estimate of drug-likeness (QED) is 0.674. The number of halogens is 1. The molecule has 0 radical (unpaired) electrons. The predicted molar refractivity (Wildman–Crippen MR) is 98.3 cm³/mol. The zero-order valence-corrected chi connectivity index (χ0v) is 14.5. The van der Waals surface area contributed by atoms with Gasteiger partial charge in [-0.2, -0.15) is 0 Å². The second kappa shape index (κ2) is 7.83. The molecule has 2 heteroatoms. The third-order valence-electron chi connectivity index (χ3n) is 5.20. The Morgan fingerprint density at radius 3 is 2.58 bits per heavy atom. The van der Waals surface area contributed by atoms with Gasteiger partial charge in [0.1, 0.15) is 11.9 Å². The van der Waals surface area contributed by atoms with Crippen LogP contribution in [0.2, 0.25) is 0 Å². The van der Waals surface area contributed by atoms with Gasteiger partial charge in [-0.15, -0.1) is 0 Å². The van der Waals surface area contributed by atoms with Crippen LogP contribution in [0.15, 0.2) is 42.5 Å². The Balaban J connectivity index is 1.84. The number of aryl methyl sites for hydroxylation is 1. The summed E-state index contributed by atoms with van der Waals surface area (Å²) in [4.78, 5) is 0. The number of unbranched alkanes of at least 4 members (excludes halogenated alkanes) is 1. The molecule has 2 atom stereocenters. The van der Waals surface area contributed by atoms with E-state index in [1.54, 1.807) is 0 Å². The molecule has 0 heterocycles. The molecule has 24 heavy (non-hydrogen) atoms. The molecule has 2 aromatic rings. The largest absolute Gasteiger partial charge is 0.507 e. The minimum absolute atomic E-state index is 0.137. The van der Waals surface area contributed by atoms with Gasteiger partial charge in [0.25, 0.3) is 0 Å². The van der Waals surface area contributed by atoms with Crippen molar-refractivity contribution in [1.29, 1.82) is 0 Å². The van der Waals surface area contributed by atoms with Crippen molar-refractivity contribution in [2.45, 2.75) is 64.0 Å². The molecule has 1 N–H and O–H groups in total. The molecule has 0 bridgehead atoms. The Hall–Kier alpha value is -1.83. The summed E-state index contributed by atoms with van der Waals surface area (Å²) in [6.07, 6.45) is 5.83. The Kier molecular flexibility index (Phi) is 5.55. The number of rotatable bonds is 5. The first-order valence-electron chi connectivity index (χ1n) is 9.24. The molecule has 1 aliphatic rings. The summed E-state index contributed by atoms with van der Waals surface area (Å²) in [5.41, 5.74) is 4.13. The van der Waals surface area contributed by atoms with E-state index in [0.29, 0.717) is 18.6 Å². The van der Waals surface area contributed by atoms with Crippen LogP contribution in [0.4, 0.5) is 4.39 Å². The third kappa shape index (κ3) is 3.80. The van der Waals surface area contributed by atoms with Gasteiger partial charge >= 0.3 is 0 Å². The van der Waals surface area contributed by atoms with Crippen molar-refractivity contribution in [1.82, 2.24) is 0 Å². The van der Waals surface area contributed by atoms with Crippen molar-refractivity contribution in [3.8, 4) is 16.9 Å². The highest BCUT2D eigenvalue weighted by atomic mass is 19.1. The van der Waals surface area contributed by atoms with Crippen LogP contribution in [0.1, 0.15) is 62.5 Å². The van der Waals surface area contributed by atoms with Crippen LogP contribution < -0.4 is 0 Å². The van der Waals surface area contributed by atoms with Crippen LogP contribution in [-0.2, 0) is 6.42 Å². The molecule has 3 rings (SSSR count). The summed E-state index contributed by atoms with van der Waals surface area (Å²) in [7, 11) is 0. The highest BCUT2D eigenvalue weighted by Gasteiger charge is 2.25. The van der Waals surface area contributed by atoms with E-state index in [0.717, 1.165) is 36.0 Å². The Labute approximate surface area is 144 Å². The van der Waals surface area contributed by atoms with E-state index >= 15 is 0 Å². The van der Waals surface area contributed by atoms with E-state index in [4.69, 9.17) is 0 Å². The number of hydrogen-bond donors (Lipinski definition) is 1. The van der Waals surface area contributed by atoms with Crippen molar-refractivity contribution < 1.29 is 9.50 Å². The molecule has 0 amide bonds. The van der Waals surface area contributed by atoms with E-state index < -0.39 is 6.17 Å². The molecular formula is C22H27FO.